The normalized spacial score (nSPS) is 15.3. The minimum absolute atomic E-state index is 0.0859. The van der Waals surface area contributed by atoms with E-state index in [1.54, 1.807) is 13.2 Å². The number of benzene rings is 1. The Hall–Kier alpha value is -1.06. The summed E-state index contributed by atoms with van der Waals surface area (Å²) in [6.07, 6.45) is 26.9. The molecular formula is C56H110O8Si3. The molecule has 5 atom stereocenters. The number of aryl methyl sites for hydroxylation is 1. The first-order chi connectivity index (χ1) is 32.1. The van der Waals surface area contributed by atoms with Crippen LogP contribution in [0.5, 0.6) is 11.5 Å². The molecule has 2 N–H and O–H groups in total. The quantitative estimate of drug-likeness (QED) is 0.0493. The smallest absolute Gasteiger partial charge is 0.224 e. The highest BCUT2D eigenvalue weighted by Crippen LogP contribution is 2.39. The van der Waals surface area contributed by atoms with Gasteiger partial charge in [-0.2, -0.15) is 0 Å². The molecule has 1 aromatic rings. The largest absolute Gasteiger partial charge is 0.551 e. The Labute approximate surface area is 418 Å². The third-order valence-electron chi connectivity index (χ3n) is 14.1. The van der Waals surface area contributed by atoms with Crippen molar-refractivity contribution < 1.29 is 38.0 Å². The SMILES string of the molecule is CCCCC(CO/[Si](C)=C/CCCCCOCCC)C(CCCCOCC(CC)(CO)COCCCCCCC(C(CCCC)CO[Si](C)(C)C)[Si](C)(C)C)CCCc1ccc(O)c(OC)c1. The van der Waals surface area contributed by atoms with E-state index in [9.17, 15) is 10.2 Å². The van der Waals surface area contributed by atoms with Gasteiger partial charge in [-0.3, -0.25) is 0 Å². The van der Waals surface area contributed by atoms with Crippen LogP contribution in [0, 0.1) is 23.2 Å². The summed E-state index contributed by atoms with van der Waals surface area (Å²) in [5.74, 6) is 2.57. The highest BCUT2D eigenvalue weighted by Gasteiger charge is 2.34. The van der Waals surface area contributed by atoms with Crippen LogP contribution in [0.15, 0.2) is 18.2 Å². The molecule has 394 valence electrons. The van der Waals surface area contributed by atoms with E-state index >= 15 is 0 Å². The number of methoxy groups -OCH3 is 1. The lowest BCUT2D eigenvalue weighted by Gasteiger charge is -2.37. The van der Waals surface area contributed by atoms with Gasteiger partial charge < -0.3 is 38.0 Å². The van der Waals surface area contributed by atoms with Crippen LogP contribution in [0.25, 0.3) is 0 Å². The molecule has 0 saturated heterocycles. The molecule has 0 heterocycles. The van der Waals surface area contributed by atoms with Crippen LogP contribution in [-0.2, 0) is 29.5 Å². The lowest BCUT2D eigenvalue weighted by Crippen LogP contribution is -2.38. The van der Waals surface area contributed by atoms with E-state index in [0.717, 1.165) is 103 Å². The Balaban J connectivity index is 2.71. The molecule has 8 nitrogen and oxygen atoms in total. The number of hydrogen-bond donors (Lipinski definition) is 2. The molecule has 0 saturated carbocycles. The van der Waals surface area contributed by atoms with Crippen molar-refractivity contribution in [3.8, 4) is 11.5 Å². The second kappa shape index (κ2) is 38.6. The average Bonchev–Trinajstić information content (AvgIpc) is 3.29. The molecular weight excluding hydrogens is 885 g/mol. The molecule has 0 bridgehead atoms. The lowest BCUT2D eigenvalue weighted by molar-refractivity contribution is -0.0542. The van der Waals surface area contributed by atoms with Crippen molar-refractivity contribution in [3.63, 3.8) is 0 Å². The van der Waals surface area contributed by atoms with E-state index < -0.39 is 25.0 Å². The van der Waals surface area contributed by atoms with E-state index in [1.165, 1.54) is 89.0 Å². The van der Waals surface area contributed by atoms with Gasteiger partial charge in [0.25, 0.3) is 0 Å². The number of unbranched alkanes of at least 4 members (excludes halogenated alkanes) is 9. The maximum atomic E-state index is 10.6. The Morgan fingerprint density at radius 1 is 0.642 bits per heavy atom. The number of aromatic hydroxyl groups is 1. The zero-order chi connectivity index (χ0) is 49.8. The summed E-state index contributed by atoms with van der Waals surface area (Å²) in [7, 11) is -2.18. The Bertz CT molecular complexity index is 1340. The zero-order valence-electron chi connectivity index (χ0n) is 46.1. The summed E-state index contributed by atoms with van der Waals surface area (Å²) in [6, 6.07) is 5.76. The van der Waals surface area contributed by atoms with Gasteiger partial charge in [0.15, 0.2) is 19.8 Å². The molecule has 0 aliphatic heterocycles. The van der Waals surface area contributed by atoms with E-state index in [4.69, 9.17) is 27.8 Å². The van der Waals surface area contributed by atoms with Gasteiger partial charge in [0, 0.05) is 46.5 Å². The Morgan fingerprint density at radius 3 is 1.82 bits per heavy atom. The van der Waals surface area contributed by atoms with Gasteiger partial charge in [0.2, 0.25) is 8.65 Å². The van der Waals surface area contributed by atoms with Crippen LogP contribution in [0.4, 0.5) is 0 Å². The Morgan fingerprint density at radius 2 is 1.22 bits per heavy atom. The van der Waals surface area contributed by atoms with Crippen molar-refractivity contribution in [1.82, 2.24) is 0 Å². The topological polar surface area (TPSA) is 95.8 Å². The van der Waals surface area contributed by atoms with Crippen molar-refractivity contribution in [2.45, 2.75) is 227 Å². The Kier molecular flexibility index (Phi) is 36.8. The number of aliphatic hydroxyl groups is 1. The first kappa shape index (κ1) is 64.0. The van der Waals surface area contributed by atoms with Crippen LogP contribution in [0.2, 0.25) is 51.4 Å². The molecule has 5 unspecified atom stereocenters. The zero-order valence-corrected chi connectivity index (χ0v) is 49.1. The number of phenolic OH excluding ortho intramolecular Hbond substituents is 1. The second-order valence-electron chi connectivity index (χ2n) is 22.3. The fourth-order valence-corrected chi connectivity index (χ4v) is 14.2. The first-order valence-corrected chi connectivity index (χ1v) is 36.7. The van der Waals surface area contributed by atoms with Crippen LogP contribution < -0.4 is 4.74 Å². The first-order valence-electron chi connectivity index (χ1n) is 27.7. The summed E-state index contributed by atoms with van der Waals surface area (Å²) in [5, 5.41) is 20.7. The average molecular weight is 996 g/mol. The van der Waals surface area contributed by atoms with Crippen LogP contribution in [-0.4, -0.2) is 108 Å². The third kappa shape index (κ3) is 31.1. The maximum Gasteiger partial charge on any atom is 0.224 e. The van der Waals surface area contributed by atoms with E-state index in [2.05, 4.69) is 79.2 Å². The molecule has 0 aromatic heterocycles. The summed E-state index contributed by atoms with van der Waals surface area (Å²) in [4.78, 5) is 0. The molecule has 0 spiro atoms. The highest BCUT2D eigenvalue weighted by atomic mass is 28.4. The number of rotatable bonds is 46. The van der Waals surface area contributed by atoms with Crippen molar-refractivity contribution in [2.75, 3.05) is 66.6 Å². The molecule has 1 aromatic carbocycles. The molecule has 0 fully saturated rings. The molecule has 11 heteroatoms. The number of ether oxygens (including phenoxy) is 4. The van der Waals surface area contributed by atoms with Gasteiger partial charge in [-0.15, -0.1) is 0 Å². The second-order valence-corrected chi connectivity index (χ2v) is 34.2. The lowest BCUT2D eigenvalue weighted by atomic mass is 9.81. The summed E-state index contributed by atoms with van der Waals surface area (Å²) < 4.78 is 36.9. The van der Waals surface area contributed by atoms with Crippen LogP contribution in [0.1, 0.15) is 175 Å². The molecule has 67 heavy (non-hydrogen) atoms. The van der Waals surface area contributed by atoms with Crippen LogP contribution >= 0.6 is 0 Å². The standard InChI is InChI=1S/C56H110O8Si3/c1-13-17-31-51(44-63-65(6)42-28-22-21-25-39-60-38-15-3)50(34-29-30-49-36-37-53(58)54(43-49)59-5)33-24-27-41-62-48-56(16-4,46-57)47-61-40-26-20-19-23-35-55(66(7,8)9)52(32-18-14-2)45-64-67(10,11)12/h36-37,42-43,50-52,55,57-58H,13-35,38-41,44-48H2,1-12H3/b65-42+. The van der Waals surface area contributed by atoms with E-state index in [-0.39, 0.29) is 17.8 Å². The minimum Gasteiger partial charge on any atom is -0.551 e. The van der Waals surface area contributed by atoms with Crippen molar-refractivity contribution in [2.24, 2.45) is 23.2 Å². The molecule has 0 amide bonds. The summed E-state index contributed by atoms with van der Waals surface area (Å²) in [6.45, 7) is 32.1. The van der Waals surface area contributed by atoms with Gasteiger partial charge in [0.05, 0.1) is 33.5 Å². The third-order valence-corrected chi connectivity index (χ3v) is 19.6. The number of hydrogen-bond acceptors (Lipinski definition) is 8. The maximum absolute atomic E-state index is 10.6. The molecule has 0 radical (unpaired) electrons. The number of phenols is 1. The van der Waals surface area contributed by atoms with Gasteiger partial charge >= 0.3 is 0 Å². The number of aliphatic hydroxyl groups excluding tert-OH is 1. The fourth-order valence-electron chi connectivity index (χ4n) is 9.52. The van der Waals surface area contributed by atoms with Gasteiger partial charge in [-0.05, 0) is 144 Å². The predicted molar refractivity (Wildman–Crippen MR) is 295 cm³/mol. The summed E-state index contributed by atoms with van der Waals surface area (Å²) >= 11 is 0. The predicted octanol–water partition coefficient (Wildman–Crippen LogP) is 15.1. The van der Waals surface area contributed by atoms with Crippen molar-refractivity contribution >= 4 is 30.7 Å². The monoisotopic (exact) mass is 995 g/mol. The highest BCUT2D eigenvalue weighted by molar-refractivity contribution is 6.77. The van der Waals surface area contributed by atoms with Gasteiger partial charge in [-0.1, -0.05) is 130 Å². The molecule has 1 rings (SSSR count). The van der Waals surface area contributed by atoms with Gasteiger partial charge in [0.1, 0.15) is 0 Å². The van der Waals surface area contributed by atoms with E-state index in [0.29, 0.717) is 43.3 Å². The summed E-state index contributed by atoms with van der Waals surface area (Å²) in [5.41, 5.74) is 4.14. The molecule has 0 aliphatic carbocycles. The fraction of sp³-hybridized carbons (Fsp3) is 0.875. The van der Waals surface area contributed by atoms with Crippen molar-refractivity contribution in [3.05, 3.63) is 23.8 Å². The minimum atomic E-state index is -1.53. The van der Waals surface area contributed by atoms with E-state index in [1.807, 2.05) is 12.1 Å². The molecule has 0 aliphatic rings. The van der Waals surface area contributed by atoms with Gasteiger partial charge in [-0.25, -0.2) is 0 Å². The van der Waals surface area contributed by atoms with Crippen molar-refractivity contribution in [1.29, 1.82) is 0 Å². The van der Waals surface area contributed by atoms with Crippen LogP contribution in [0.3, 0.4) is 0 Å².